The van der Waals surface area contributed by atoms with Gasteiger partial charge in [0, 0.05) is 0 Å². The molecule has 0 saturated carbocycles. The molecule has 2 rings (SSSR count). The highest BCUT2D eigenvalue weighted by molar-refractivity contribution is 7.87. The fourth-order valence-electron chi connectivity index (χ4n) is 1.83. The van der Waals surface area contributed by atoms with Gasteiger partial charge in [0.15, 0.2) is 11.5 Å². The molecule has 112 valence electrons. The fourth-order valence-corrected chi connectivity index (χ4v) is 2.77. The molecule has 0 aliphatic carbocycles. The number of phenols is 1. The van der Waals surface area contributed by atoms with E-state index in [2.05, 4.69) is 0 Å². The minimum absolute atomic E-state index is 0.0403. The molecule has 0 aliphatic heterocycles. The van der Waals surface area contributed by atoms with Crippen molar-refractivity contribution >= 4 is 10.1 Å². The van der Waals surface area contributed by atoms with Crippen LogP contribution in [0.2, 0.25) is 0 Å². The van der Waals surface area contributed by atoms with Gasteiger partial charge in [-0.25, -0.2) is 0 Å². The van der Waals surface area contributed by atoms with Crippen molar-refractivity contribution in [1.29, 1.82) is 0 Å². The van der Waals surface area contributed by atoms with Crippen molar-refractivity contribution in [3.63, 3.8) is 0 Å². The van der Waals surface area contributed by atoms with E-state index in [1.165, 1.54) is 24.3 Å². The third-order valence-corrected chi connectivity index (χ3v) is 4.21. The van der Waals surface area contributed by atoms with Gasteiger partial charge in [0.05, 0.1) is 0 Å². The molecule has 2 aromatic carbocycles. The average molecular weight is 307 g/mol. The summed E-state index contributed by atoms with van der Waals surface area (Å²) in [6.45, 7) is 2.31. The first kappa shape index (κ1) is 15.3. The van der Waals surface area contributed by atoms with Crippen molar-refractivity contribution in [2.24, 2.45) is 5.73 Å². The van der Waals surface area contributed by atoms with Gasteiger partial charge in [0.1, 0.15) is 4.90 Å². The maximum atomic E-state index is 12.1. The Balaban J connectivity index is 2.26. The highest BCUT2D eigenvalue weighted by atomic mass is 32.2. The molecule has 0 atom stereocenters. The Bertz CT molecular complexity index is 724. The summed E-state index contributed by atoms with van der Waals surface area (Å²) in [6, 6.07) is 10.8. The van der Waals surface area contributed by atoms with Gasteiger partial charge in [-0.05, 0) is 49.7 Å². The summed E-state index contributed by atoms with van der Waals surface area (Å²) in [4.78, 5) is 0.0403. The van der Waals surface area contributed by atoms with Crippen molar-refractivity contribution in [3.8, 4) is 11.5 Å². The molecular formula is C15H17NO4S. The summed E-state index contributed by atoms with van der Waals surface area (Å²) in [5, 5.41) is 9.84. The van der Waals surface area contributed by atoms with E-state index in [1.807, 2.05) is 6.92 Å². The SMILES string of the molecule is Cc1ccc(S(=O)(=O)Oc2ccc(CCN)cc2O)cc1. The lowest BCUT2D eigenvalue weighted by molar-refractivity contribution is 0.427. The second-order valence-electron chi connectivity index (χ2n) is 4.69. The van der Waals surface area contributed by atoms with Crippen LogP contribution in [0.5, 0.6) is 11.5 Å². The minimum atomic E-state index is -3.96. The molecule has 21 heavy (non-hydrogen) atoms. The maximum absolute atomic E-state index is 12.1. The summed E-state index contributed by atoms with van der Waals surface area (Å²) in [5.74, 6) is -0.326. The molecule has 0 fully saturated rings. The molecule has 0 bridgehead atoms. The largest absolute Gasteiger partial charge is 0.504 e. The molecule has 0 spiro atoms. The predicted octanol–water partition coefficient (Wildman–Crippen LogP) is 1.97. The van der Waals surface area contributed by atoms with Crippen LogP contribution in [0.15, 0.2) is 47.4 Å². The summed E-state index contributed by atoms with van der Waals surface area (Å²) in [6.07, 6.45) is 0.596. The van der Waals surface area contributed by atoms with E-state index >= 15 is 0 Å². The van der Waals surface area contributed by atoms with Crippen LogP contribution in [0.4, 0.5) is 0 Å². The van der Waals surface area contributed by atoms with Crippen LogP contribution in [-0.2, 0) is 16.5 Å². The minimum Gasteiger partial charge on any atom is -0.504 e. The zero-order chi connectivity index (χ0) is 15.5. The van der Waals surface area contributed by atoms with Crippen molar-refractivity contribution in [1.82, 2.24) is 0 Å². The topological polar surface area (TPSA) is 89.6 Å². The van der Waals surface area contributed by atoms with E-state index in [0.29, 0.717) is 13.0 Å². The smallest absolute Gasteiger partial charge is 0.339 e. The first-order chi connectivity index (χ1) is 9.92. The fraction of sp³-hybridized carbons (Fsp3) is 0.200. The molecule has 2 aromatic rings. The van der Waals surface area contributed by atoms with E-state index < -0.39 is 10.1 Å². The monoisotopic (exact) mass is 307 g/mol. The van der Waals surface area contributed by atoms with Gasteiger partial charge in [0.2, 0.25) is 0 Å². The Morgan fingerprint density at radius 3 is 2.38 bits per heavy atom. The normalized spacial score (nSPS) is 11.3. The van der Waals surface area contributed by atoms with Gasteiger partial charge in [0.25, 0.3) is 0 Å². The number of aromatic hydroxyl groups is 1. The zero-order valence-corrected chi connectivity index (χ0v) is 12.4. The van der Waals surface area contributed by atoms with Crippen LogP contribution in [0.25, 0.3) is 0 Å². The Morgan fingerprint density at radius 1 is 1.14 bits per heavy atom. The molecular weight excluding hydrogens is 290 g/mol. The van der Waals surface area contributed by atoms with Gasteiger partial charge in [-0.1, -0.05) is 23.8 Å². The van der Waals surface area contributed by atoms with Crippen LogP contribution in [0.1, 0.15) is 11.1 Å². The third-order valence-electron chi connectivity index (χ3n) is 2.97. The summed E-state index contributed by atoms with van der Waals surface area (Å²) in [7, 11) is -3.96. The highest BCUT2D eigenvalue weighted by Gasteiger charge is 2.18. The van der Waals surface area contributed by atoms with Crippen LogP contribution < -0.4 is 9.92 Å². The standard InChI is InChI=1S/C15H17NO4S/c1-11-2-5-13(6-3-11)21(18,19)20-15-7-4-12(8-9-16)10-14(15)17/h2-7,10,17H,8-9,16H2,1H3. The first-order valence-corrected chi connectivity index (χ1v) is 7.86. The van der Waals surface area contributed by atoms with Crippen LogP contribution >= 0.6 is 0 Å². The van der Waals surface area contributed by atoms with E-state index in [4.69, 9.17) is 9.92 Å². The first-order valence-electron chi connectivity index (χ1n) is 6.45. The number of benzene rings is 2. The summed E-state index contributed by atoms with van der Waals surface area (Å²) < 4.78 is 29.2. The molecule has 0 amide bonds. The number of rotatable bonds is 5. The van der Waals surface area contributed by atoms with E-state index in [1.54, 1.807) is 18.2 Å². The van der Waals surface area contributed by atoms with Gasteiger partial charge in [-0.15, -0.1) is 0 Å². The second kappa shape index (κ2) is 6.15. The molecule has 5 nitrogen and oxygen atoms in total. The average Bonchev–Trinajstić information content (AvgIpc) is 2.42. The van der Waals surface area contributed by atoms with Crippen molar-refractivity contribution < 1.29 is 17.7 Å². The lowest BCUT2D eigenvalue weighted by atomic mass is 10.1. The van der Waals surface area contributed by atoms with Crippen LogP contribution in [0.3, 0.4) is 0 Å². The van der Waals surface area contributed by atoms with Crippen LogP contribution in [-0.4, -0.2) is 20.1 Å². The molecule has 0 unspecified atom stereocenters. The van der Waals surface area contributed by atoms with Crippen LogP contribution in [0, 0.1) is 6.92 Å². The predicted molar refractivity (Wildman–Crippen MR) is 79.9 cm³/mol. The summed E-state index contributed by atoms with van der Waals surface area (Å²) >= 11 is 0. The van der Waals surface area contributed by atoms with Crippen molar-refractivity contribution in [3.05, 3.63) is 53.6 Å². The third kappa shape index (κ3) is 3.74. The van der Waals surface area contributed by atoms with E-state index in [-0.39, 0.29) is 16.4 Å². The lowest BCUT2D eigenvalue weighted by Gasteiger charge is -2.10. The number of hydrogen-bond acceptors (Lipinski definition) is 5. The van der Waals surface area contributed by atoms with Crippen molar-refractivity contribution in [2.45, 2.75) is 18.2 Å². The van der Waals surface area contributed by atoms with E-state index in [0.717, 1.165) is 11.1 Å². The lowest BCUT2D eigenvalue weighted by Crippen LogP contribution is -2.10. The molecule has 0 aliphatic rings. The molecule has 0 radical (unpaired) electrons. The van der Waals surface area contributed by atoms with Gasteiger partial charge < -0.3 is 15.0 Å². The number of phenolic OH excluding ortho intramolecular Hbond substituents is 1. The number of aryl methyl sites for hydroxylation is 1. The number of hydrogen-bond donors (Lipinski definition) is 2. The Hall–Kier alpha value is -2.05. The van der Waals surface area contributed by atoms with Gasteiger partial charge >= 0.3 is 10.1 Å². The summed E-state index contributed by atoms with van der Waals surface area (Å²) in [5.41, 5.74) is 7.19. The molecule has 0 heterocycles. The Labute approximate surface area is 124 Å². The second-order valence-corrected chi connectivity index (χ2v) is 6.24. The molecule has 0 aromatic heterocycles. The molecule has 0 saturated heterocycles. The maximum Gasteiger partial charge on any atom is 0.339 e. The zero-order valence-electron chi connectivity index (χ0n) is 11.6. The van der Waals surface area contributed by atoms with Gasteiger partial charge in [-0.3, -0.25) is 0 Å². The number of nitrogens with two attached hydrogens (primary N) is 1. The van der Waals surface area contributed by atoms with Crippen molar-refractivity contribution in [2.75, 3.05) is 6.54 Å². The Kier molecular flexibility index (Phi) is 4.50. The highest BCUT2D eigenvalue weighted by Crippen LogP contribution is 2.29. The van der Waals surface area contributed by atoms with E-state index in [9.17, 15) is 13.5 Å². The molecule has 3 N–H and O–H groups in total. The van der Waals surface area contributed by atoms with Gasteiger partial charge in [-0.2, -0.15) is 8.42 Å². The molecule has 6 heteroatoms. The Morgan fingerprint density at radius 2 is 1.81 bits per heavy atom. The quantitative estimate of drug-likeness (QED) is 0.824.